The molecule has 0 aromatic heterocycles. The Kier molecular flexibility index (Phi) is 26.6. The van der Waals surface area contributed by atoms with Gasteiger partial charge in [-0.1, -0.05) is 168 Å². The lowest BCUT2D eigenvalue weighted by Crippen LogP contribution is -2.68. The van der Waals surface area contributed by atoms with Crippen LogP contribution in [0.1, 0.15) is 96.7 Å². The molecule has 8 aromatic carbocycles. The fraction of sp³-hybridized carbons (Fsp3) is 0.266. The number of carbonyl (C=O) groups excluding carboxylic acids is 10. The van der Waals surface area contributed by atoms with Crippen LogP contribution >= 0.6 is 22.6 Å². The first-order valence-electron chi connectivity index (χ1n) is 33.3. The van der Waals surface area contributed by atoms with Gasteiger partial charge >= 0.3 is 59.7 Å². The lowest BCUT2D eigenvalue weighted by molar-refractivity contribution is -0.363. The molecular formula is C79H69IO26. The lowest BCUT2D eigenvalue weighted by atomic mass is 9.95. The summed E-state index contributed by atoms with van der Waals surface area (Å²) in [5, 5.41) is 0. The summed E-state index contributed by atoms with van der Waals surface area (Å²) >= 11 is 1.83. The van der Waals surface area contributed by atoms with Gasteiger partial charge in [0.25, 0.3) is 0 Å². The molecule has 3 fully saturated rings. The van der Waals surface area contributed by atoms with Crippen molar-refractivity contribution in [2.24, 2.45) is 0 Å². The van der Waals surface area contributed by atoms with Crippen LogP contribution in [0.4, 0.5) is 0 Å². The van der Waals surface area contributed by atoms with Crippen LogP contribution < -0.4 is 0 Å². The molecule has 0 spiro atoms. The minimum atomic E-state index is -2.17. The van der Waals surface area contributed by atoms with E-state index in [4.69, 9.17) is 75.8 Å². The Morgan fingerprint density at radius 3 is 0.792 bits per heavy atom. The molecule has 3 saturated heterocycles. The van der Waals surface area contributed by atoms with Gasteiger partial charge in [0.05, 0.1) is 51.1 Å². The minimum Gasteiger partial charge on any atom is -0.459 e. The third kappa shape index (κ3) is 19.9. The van der Waals surface area contributed by atoms with Crippen molar-refractivity contribution in [3.05, 3.63) is 287 Å². The van der Waals surface area contributed by atoms with Crippen LogP contribution in [0.5, 0.6) is 0 Å². The molecule has 0 saturated carbocycles. The summed E-state index contributed by atoms with van der Waals surface area (Å²) < 4.78 is 101. The highest BCUT2D eigenvalue weighted by Crippen LogP contribution is 2.39. The quantitative estimate of drug-likeness (QED) is 0.0200. The molecule has 548 valence electrons. The van der Waals surface area contributed by atoms with Gasteiger partial charge in [0.15, 0.2) is 67.7 Å². The smallest absolute Gasteiger partial charge is 0.338 e. The minimum absolute atomic E-state index is 0.00608. The van der Waals surface area contributed by atoms with E-state index < -0.39 is 172 Å². The zero-order valence-corrected chi connectivity index (χ0v) is 58.7. The van der Waals surface area contributed by atoms with Crippen LogP contribution in [0.3, 0.4) is 0 Å². The molecule has 3 aliphatic heterocycles. The van der Waals surface area contributed by atoms with E-state index in [0.717, 1.165) is 13.8 Å². The Labute approximate surface area is 620 Å². The number of hydrogen-bond donors (Lipinski definition) is 0. The van der Waals surface area contributed by atoms with Gasteiger partial charge in [-0.2, -0.15) is 0 Å². The average molecular weight is 1560 g/mol. The van der Waals surface area contributed by atoms with Crippen LogP contribution in [0, 0.1) is 0 Å². The third-order valence-electron chi connectivity index (χ3n) is 16.6. The fourth-order valence-corrected chi connectivity index (χ4v) is 12.0. The SMILES string of the molecule is CC(=O)OC1C(COC2OC(COC(=O)c3ccccc3)C(OC(=O)c3ccccc3)C(OC(=O)c3ccccc3)C2OC(=O)c2ccccc2)OC(OCI)C(OC(C)=O)C1OC1OC(COC(=O)c2ccccc2)C(OC(=O)c2ccccc2)C(OC(=O)c2ccccc2)C1OC(=O)c1ccccc1. The molecule has 0 amide bonds. The molecule has 0 N–H and O–H groups in total. The van der Waals surface area contributed by atoms with Crippen molar-refractivity contribution in [2.75, 3.05) is 24.4 Å². The van der Waals surface area contributed by atoms with Crippen LogP contribution in [-0.4, -0.2) is 176 Å². The number of esters is 10. The topological polar surface area (TPSA) is 318 Å². The maximum atomic E-state index is 14.8. The normalized spacial score (nSPS) is 23.9. The summed E-state index contributed by atoms with van der Waals surface area (Å²) in [5.41, 5.74) is 0.0318. The monoisotopic (exact) mass is 1560 g/mol. The van der Waals surface area contributed by atoms with E-state index in [0.29, 0.717) is 0 Å². The summed E-state index contributed by atoms with van der Waals surface area (Å²) in [6.45, 7) is -0.417. The highest BCUT2D eigenvalue weighted by atomic mass is 127. The van der Waals surface area contributed by atoms with Gasteiger partial charge in [0.1, 0.15) is 42.2 Å². The van der Waals surface area contributed by atoms with E-state index >= 15 is 0 Å². The van der Waals surface area contributed by atoms with Gasteiger partial charge in [0, 0.05) is 13.8 Å². The molecule has 11 rings (SSSR count). The maximum Gasteiger partial charge on any atom is 0.338 e. The molecule has 15 atom stereocenters. The second-order valence-electron chi connectivity index (χ2n) is 23.8. The van der Waals surface area contributed by atoms with Gasteiger partial charge in [-0.25, -0.2) is 38.4 Å². The van der Waals surface area contributed by atoms with E-state index in [9.17, 15) is 47.9 Å². The zero-order valence-electron chi connectivity index (χ0n) is 56.6. The van der Waals surface area contributed by atoms with Gasteiger partial charge in [-0.15, -0.1) is 0 Å². The Hall–Kier alpha value is -11.1. The predicted molar refractivity (Wildman–Crippen MR) is 375 cm³/mol. The molecule has 8 aromatic rings. The van der Waals surface area contributed by atoms with Crippen LogP contribution in [0.2, 0.25) is 0 Å². The molecule has 27 heteroatoms. The summed E-state index contributed by atoms with van der Waals surface area (Å²) in [7, 11) is 0. The number of halogens is 1. The Bertz CT molecular complexity index is 4280. The van der Waals surface area contributed by atoms with Crippen molar-refractivity contribution >= 4 is 82.3 Å². The van der Waals surface area contributed by atoms with E-state index in [1.807, 2.05) is 22.6 Å². The standard InChI is InChI=1S/C79H69IO26/c1-47(81)95-60-59(45-93-77-67(104-75(89)55-39-23-9-24-40-55)63(102-73(87)53-35-19-7-20-36-53)61(100-71(85)51-31-15-5-16-32-51)57(97-77)43-91-69(83)49-27-11-3-12-28-49)98-78(94-46-80)66(96-48(2)82)65(60)106-79-68(105-76(90)56-41-25-10-26-42-56)64(103-74(88)54-37-21-8-22-38-54)62(101-72(86)52-33-17-6-18-34-52)58(99-79)44-92-70(84)50-29-13-4-14-30-50/h3-42,57-68,77-79H,43-46H2,1-2H3. The number of hydrogen-bond acceptors (Lipinski definition) is 26. The van der Waals surface area contributed by atoms with Crippen LogP contribution in [0.25, 0.3) is 0 Å². The van der Waals surface area contributed by atoms with Crippen molar-refractivity contribution in [3.8, 4) is 0 Å². The largest absolute Gasteiger partial charge is 0.459 e. The fourth-order valence-electron chi connectivity index (χ4n) is 11.7. The van der Waals surface area contributed by atoms with Crippen molar-refractivity contribution in [1.29, 1.82) is 0 Å². The van der Waals surface area contributed by atoms with Crippen molar-refractivity contribution in [1.82, 2.24) is 0 Å². The van der Waals surface area contributed by atoms with Gasteiger partial charge in [-0.3, -0.25) is 9.59 Å². The van der Waals surface area contributed by atoms with Crippen molar-refractivity contribution < 1.29 is 124 Å². The zero-order chi connectivity index (χ0) is 74.5. The first-order chi connectivity index (χ1) is 51.5. The Morgan fingerprint density at radius 2 is 0.491 bits per heavy atom. The first kappa shape index (κ1) is 76.1. The molecule has 15 unspecified atom stereocenters. The summed E-state index contributed by atoms with van der Waals surface area (Å²) in [6.07, 6.45) is -28.6. The van der Waals surface area contributed by atoms with E-state index in [-0.39, 0.29) is 49.1 Å². The number of rotatable bonds is 27. The molecule has 106 heavy (non-hydrogen) atoms. The summed E-state index contributed by atoms with van der Waals surface area (Å²) in [4.78, 5) is 143. The highest BCUT2D eigenvalue weighted by Gasteiger charge is 2.60. The van der Waals surface area contributed by atoms with Crippen LogP contribution in [0.15, 0.2) is 243 Å². The van der Waals surface area contributed by atoms with Gasteiger partial charge in [0.2, 0.25) is 0 Å². The molecule has 26 nitrogen and oxygen atoms in total. The van der Waals surface area contributed by atoms with Gasteiger partial charge in [-0.05, 0) is 97.1 Å². The number of benzene rings is 8. The van der Waals surface area contributed by atoms with Crippen LogP contribution in [-0.2, 0) is 85.4 Å². The number of alkyl halides is 1. The molecular weight excluding hydrogens is 1490 g/mol. The van der Waals surface area contributed by atoms with Gasteiger partial charge < -0.3 is 75.8 Å². The predicted octanol–water partition coefficient (Wildman–Crippen LogP) is 9.90. The Morgan fingerprint density at radius 1 is 0.264 bits per heavy atom. The second-order valence-corrected chi connectivity index (χ2v) is 24.5. The van der Waals surface area contributed by atoms with E-state index in [1.165, 1.54) is 109 Å². The molecule has 0 aliphatic carbocycles. The van der Waals surface area contributed by atoms with Crippen molar-refractivity contribution in [2.45, 2.75) is 106 Å². The summed E-state index contributed by atoms with van der Waals surface area (Å²) in [5.74, 6) is -10.0. The molecule has 0 bridgehead atoms. The number of carbonyl (C=O) groups is 10. The molecule has 3 heterocycles. The second kappa shape index (κ2) is 37.1. The molecule has 0 radical (unpaired) electrons. The summed E-state index contributed by atoms with van der Waals surface area (Å²) in [6, 6.07) is 61.2. The maximum absolute atomic E-state index is 14.8. The molecule has 3 aliphatic rings. The van der Waals surface area contributed by atoms with E-state index in [2.05, 4.69) is 0 Å². The van der Waals surface area contributed by atoms with E-state index in [1.54, 1.807) is 133 Å². The lowest BCUT2D eigenvalue weighted by Gasteiger charge is -2.49. The number of ether oxygens (including phenoxy) is 16. The average Bonchev–Trinajstić information content (AvgIpc) is 0.766. The Balaban J connectivity index is 1.02. The first-order valence-corrected chi connectivity index (χ1v) is 34.8. The third-order valence-corrected chi connectivity index (χ3v) is 17.0. The highest BCUT2D eigenvalue weighted by molar-refractivity contribution is 14.1. The van der Waals surface area contributed by atoms with Crippen molar-refractivity contribution in [3.63, 3.8) is 0 Å².